The number of amides is 1. The number of methoxy groups -OCH3 is 1. The molecule has 0 bridgehead atoms. The molecule has 1 heterocycles. The molecule has 7 heteroatoms. The molecule has 6 nitrogen and oxygen atoms in total. The Hall–Kier alpha value is -1.86. The van der Waals surface area contributed by atoms with Crippen molar-refractivity contribution in [3.05, 3.63) is 24.0 Å². The number of ether oxygens (including phenoxy) is 2. The van der Waals surface area contributed by atoms with E-state index in [-0.39, 0.29) is 17.8 Å². The lowest BCUT2D eigenvalue weighted by atomic mass is 9.54. The van der Waals surface area contributed by atoms with Crippen LogP contribution in [0, 0.1) is 11.2 Å². The molecule has 2 N–H and O–H groups in total. The van der Waals surface area contributed by atoms with Gasteiger partial charge >= 0.3 is 0 Å². The highest BCUT2D eigenvalue weighted by molar-refractivity contribution is 5.89. The van der Waals surface area contributed by atoms with Crippen molar-refractivity contribution in [2.24, 2.45) is 11.1 Å². The van der Waals surface area contributed by atoms with Crippen molar-refractivity contribution in [1.82, 2.24) is 4.90 Å². The number of hydrogen-bond acceptors (Lipinski definition) is 5. The molecule has 2 fully saturated rings. The standard InChI is InChI=1S/C20H30FN3O3/c1-5-27-17-13-20(22,19(17,2)3)18(25)24-10-8-23(9-11-24)15-7-6-14(21)12-16(15)26-4/h6-7,12,17H,5,8-11,13,22H2,1-4H3. The third kappa shape index (κ3) is 3.27. The molecule has 2 atom stereocenters. The number of nitrogens with two attached hydrogens (primary N) is 1. The summed E-state index contributed by atoms with van der Waals surface area (Å²) in [6.07, 6.45) is 0.569. The molecule has 1 aromatic rings. The number of carbonyl (C=O) groups is 1. The van der Waals surface area contributed by atoms with Crippen LogP contribution in [0.15, 0.2) is 18.2 Å². The lowest BCUT2D eigenvalue weighted by molar-refractivity contribution is -0.179. The molecule has 2 unspecified atom stereocenters. The third-order valence-corrected chi connectivity index (χ3v) is 6.26. The number of hydrogen-bond donors (Lipinski definition) is 1. The molecule has 1 saturated carbocycles. The molecule has 150 valence electrons. The van der Waals surface area contributed by atoms with Gasteiger partial charge in [-0.3, -0.25) is 4.79 Å². The van der Waals surface area contributed by atoms with Crippen molar-refractivity contribution in [3.8, 4) is 5.75 Å². The van der Waals surface area contributed by atoms with E-state index in [1.807, 2.05) is 25.7 Å². The second-order valence-corrected chi connectivity index (χ2v) is 7.94. The van der Waals surface area contributed by atoms with Gasteiger partial charge < -0.3 is 25.0 Å². The molecule has 0 radical (unpaired) electrons. The van der Waals surface area contributed by atoms with Gasteiger partial charge in [0.1, 0.15) is 17.1 Å². The maximum atomic E-state index is 13.4. The molecule has 1 aliphatic carbocycles. The molecule has 27 heavy (non-hydrogen) atoms. The van der Waals surface area contributed by atoms with E-state index in [4.69, 9.17) is 15.2 Å². The van der Waals surface area contributed by atoms with E-state index < -0.39 is 11.0 Å². The van der Waals surface area contributed by atoms with Gasteiger partial charge in [-0.05, 0) is 19.1 Å². The fourth-order valence-corrected chi connectivity index (χ4v) is 4.14. The topological polar surface area (TPSA) is 68.0 Å². The predicted molar refractivity (Wildman–Crippen MR) is 102 cm³/mol. The number of piperazine rings is 1. The van der Waals surface area contributed by atoms with Gasteiger partial charge in [0.05, 0.1) is 18.9 Å². The maximum Gasteiger partial charge on any atom is 0.243 e. The van der Waals surface area contributed by atoms with Crippen LogP contribution in [-0.4, -0.2) is 62.3 Å². The Balaban J connectivity index is 1.65. The van der Waals surface area contributed by atoms with Crippen LogP contribution in [0.2, 0.25) is 0 Å². The Bertz CT molecular complexity index is 704. The van der Waals surface area contributed by atoms with Gasteiger partial charge in [0, 0.05) is 50.7 Å². The molecular formula is C20H30FN3O3. The third-order valence-electron chi connectivity index (χ3n) is 6.26. The first-order valence-electron chi connectivity index (χ1n) is 9.53. The van der Waals surface area contributed by atoms with Gasteiger partial charge in [-0.15, -0.1) is 0 Å². The van der Waals surface area contributed by atoms with Crippen LogP contribution in [0.5, 0.6) is 5.75 Å². The van der Waals surface area contributed by atoms with Crippen LogP contribution in [0.25, 0.3) is 0 Å². The van der Waals surface area contributed by atoms with E-state index in [1.165, 1.54) is 19.2 Å². The number of benzene rings is 1. The van der Waals surface area contributed by atoms with Gasteiger partial charge in [0.25, 0.3) is 0 Å². The van der Waals surface area contributed by atoms with Crippen molar-refractivity contribution < 1.29 is 18.7 Å². The van der Waals surface area contributed by atoms with Gasteiger partial charge in [-0.25, -0.2) is 4.39 Å². The SMILES string of the molecule is CCOC1CC(N)(C(=O)N2CCN(c3ccc(F)cc3OC)CC2)C1(C)C. The maximum absolute atomic E-state index is 13.4. The van der Waals surface area contributed by atoms with Crippen molar-refractivity contribution in [1.29, 1.82) is 0 Å². The summed E-state index contributed by atoms with van der Waals surface area (Å²) in [5.74, 6) is 0.171. The highest BCUT2D eigenvalue weighted by Crippen LogP contribution is 2.50. The van der Waals surface area contributed by atoms with Crippen LogP contribution in [0.4, 0.5) is 10.1 Å². The normalized spacial score (nSPS) is 27.3. The monoisotopic (exact) mass is 379 g/mol. The van der Waals surface area contributed by atoms with Crippen LogP contribution < -0.4 is 15.4 Å². The average molecular weight is 379 g/mol. The zero-order chi connectivity index (χ0) is 19.8. The summed E-state index contributed by atoms with van der Waals surface area (Å²) in [7, 11) is 1.53. The second-order valence-electron chi connectivity index (χ2n) is 7.94. The zero-order valence-electron chi connectivity index (χ0n) is 16.6. The van der Waals surface area contributed by atoms with Crippen LogP contribution in [0.1, 0.15) is 27.2 Å². The fourth-order valence-electron chi connectivity index (χ4n) is 4.14. The Labute approximate surface area is 160 Å². The molecule has 0 spiro atoms. The minimum absolute atomic E-state index is 0.00539. The quantitative estimate of drug-likeness (QED) is 0.848. The molecular weight excluding hydrogens is 349 g/mol. The van der Waals surface area contributed by atoms with Gasteiger partial charge in [-0.2, -0.15) is 0 Å². The minimum atomic E-state index is -0.886. The Morgan fingerprint density at radius 1 is 1.30 bits per heavy atom. The van der Waals surface area contributed by atoms with Crippen LogP contribution in [-0.2, 0) is 9.53 Å². The van der Waals surface area contributed by atoms with Crippen LogP contribution in [0.3, 0.4) is 0 Å². The molecule has 1 saturated heterocycles. The molecule has 1 aromatic carbocycles. The minimum Gasteiger partial charge on any atom is -0.494 e. The van der Waals surface area contributed by atoms with E-state index in [1.54, 1.807) is 6.07 Å². The van der Waals surface area contributed by atoms with Crippen molar-refractivity contribution in [3.63, 3.8) is 0 Å². The van der Waals surface area contributed by atoms with E-state index in [9.17, 15) is 9.18 Å². The van der Waals surface area contributed by atoms with Crippen molar-refractivity contribution >= 4 is 11.6 Å². The predicted octanol–water partition coefficient (Wildman–Crippen LogP) is 2.02. The first-order valence-corrected chi connectivity index (χ1v) is 9.53. The first kappa shape index (κ1) is 19.9. The summed E-state index contributed by atoms with van der Waals surface area (Å²) in [6, 6.07) is 4.53. The highest BCUT2D eigenvalue weighted by atomic mass is 19.1. The van der Waals surface area contributed by atoms with E-state index in [2.05, 4.69) is 4.90 Å². The van der Waals surface area contributed by atoms with E-state index >= 15 is 0 Å². The average Bonchev–Trinajstić information content (AvgIpc) is 2.67. The number of anilines is 1. The number of halogens is 1. The first-order chi connectivity index (χ1) is 12.7. The Morgan fingerprint density at radius 2 is 1.96 bits per heavy atom. The molecule has 3 rings (SSSR count). The summed E-state index contributed by atoms with van der Waals surface area (Å²) >= 11 is 0. The second kappa shape index (κ2) is 7.28. The Kier molecular flexibility index (Phi) is 5.36. The van der Waals surface area contributed by atoms with E-state index in [0.717, 1.165) is 5.69 Å². The van der Waals surface area contributed by atoms with Crippen LogP contribution >= 0.6 is 0 Å². The number of nitrogens with zero attached hydrogens (tertiary/aromatic N) is 2. The zero-order valence-corrected chi connectivity index (χ0v) is 16.6. The largest absolute Gasteiger partial charge is 0.494 e. The summed E-state index contributed by atoms with van der Waals surface area (Å²) in [4.78, 5) is 17.1. The number of carbonyl (C=O) groups excluding carboxylic acids is 1. The summed E-state index contributed by atoms with van der Waals surface area (Å²) in [5.41, 5.74) is 6.10. The van der Waals surface area contributed by atoms with Crippen molar-refractivity contribution in [2.75, 3.05) is 44.8 Å². The van der Waals surface area contributed by atoms with Gasteiger partial charge in [0.2, 0.25) is 5.91 Å². The molecule has 2 aliphatic rings. The van der Waals surface area contributed by atoms with Crippen molar-refractivity contribution in [2.45, 2.75) is 38.8 Å². The lowest BCUT2D eigenvalue weighted by Gasteiger charge is -2.59. The van der Waals surface area contributed by atoms with Gasteiger partial charge in [0.15, 0.2) is 0 Å². The van der Waals surface area contributed by atoms with Gasteiger partial charge in [-0.1, -0.05) is 13.8 Å². The lowest BCUT2D eigenvalue weighted by Crippen LogP contribution is -2.76. The molecule has 1 aliphatic heterocycles. The molecule has 1 amide bonds. The summed E-state index contributed by atoms with van der Waals surface area (Å²) < 4.78 is 24.5. The smallest absolute Gasteiger partial charge is 0.243 e. The summed E-state index contributed by atoms with van der Waals surface area (Å²) in [5, 5.41) is 0. The molecule has 0 aromatic heterocycles. The fraction of sp³-hybridized carbons (Fsp3) is 0.650. The summed E-state index contributed by atoms with van der Waals surface area (Å²) in [6.45, 7) is 9.05. The van der Waals surface area contributed by atoms with E-state index in [0.29, 0.717) is 45.0 Å². The highest BCUT2D eigenvalue weighted by Gasteiger charge is 2.63. The Morgan fingerprint density at radius 3 is 2.52 bits per heavy atom. The number of rotatable bonds is 5.